The van der Waals surface area contributed by atoms with Crippen LogP contribution in [0.3, 0.4) is 0 Å². The molecule has 0 spiro atoms. The Morgan fingerprint density at radius 2 is 1.89 bits per heavy atom. The van der Waals surface area contributed by atoms with Crippen molar-refractivity contribution in [3.63, 3.8) is 0 Å². The van der Waals surface area contributed by atoms with Crippen molar-refractivity contribution in [3.8, 4) is 0 Å². The summed E-state index contributed by atoms with van der Waals surface area (Å²) in [6.45, 7) is 4.82. The number of benzene rings is 2. The molecule has 3 rings (SSSR count). The summed E-state index contributed by atoms with van der Waals surface area (Å²) in [5.41, 5.74) is 8.14. The second-order valence-corrected chi connectivity index (χ2v) is 7.10. The molecule has 2 N–H and O–H groups in total. The molecule has 0 saturated heterocycles. The largest absolute Gasteiger partial charge is 0.342 e. The van der Waals surface area contributed by atoms with E-state index in [1.807, 2.05) is 43.5 Å². The molecule has 0 radical (unpaired) electrons. The fourth-order valence-corrected chi connectivity index (χ4v) is 2.97. The van der Waals surface area contributed by atoms with Gasteiger partial charge in [0.2, 0.25) is 0 Å². The minimum absolute atomic E-state index is 0.410. The van der Waals surface area contributed by atoms with Crippen LogP contribution >= 0.6 is 23.8 Å². The zero-order valence-corrected chi connectivity index (χ0v) is 16.8. The molecule has 0 atom stereocenters. The lowest BCUT2D eigenvalue weighted by atomic mass is 10.1. The van der Waals surface area contributed by atoms with E-state index in [9.17, 15) is 0 Å². The highest BCUT2D eigenvalue weighted by Crippen LogP contribution is 2.22. The van der Waals surface area contributed by atoms with Gasteiger partial charge in [0.25, 0.3) is 0 Å². The van der Waals surface area contributed by atoms with Gasteiger partial charge in [-0.05, 0) is 61.5 Å². The number of anilines is 1. The van der Waals surface area contributed by atoms with Crippen LogP contribution in [-0.4, -0.2) is 15.9 Å². The monoisotopic (exact) mass is 396 g/mol. The standard InChI is InChI=1S/C21H21ClN4S/c1-15-8-10-17(11-9-15)14-26-12-4-5-18(26)13-23-25-21(27)24-20-7-3-6-19(22)16(20)2/h3-13H,14H2,1-2H3,(H2,24,25,27)/b23-13+. The molecule has 0 bridgehead atoms. The van der Waals surface area contributed by atoms with E-state index in [0.29, 0.717) is 10.1 Å². The maximum atomic E-state index is 6.13. The van der Waals surface area contributed by atoms with Gasteiger partial charge in [0.15, 0.2) is 5.11 Å². The molecule has 0 fully saturated rings. The highest BCUT2D eigenvalue weighted by atomic mass is 35.5. The molecule has 0 aliphatic carbocycles. The summed E-state index contributed by atoms with van der Waals surface area (Å²) >= 11 is 11.4. The number of hydrogen-bond acceptors (Lipinski definition) is 2. The Hall–Kier alpha value is -2.63. The summed E-state index contributed by atoms with van der Waals surface area (Å²) in [7, 11) is 0. The predicted octanol–water partition coefficient (Wildman–Crippen LogP) is 5.13. The summed E-state index contributed by atoms with van der Waals surface area (Å²) in [5.74, 6) is 0. The number of hydrogen-bond donors (Lipinski definition) is 2. The van der Waals surface area contributed by atoms with Gasteiger partial charge >= 0.3 is 0 Å². The van der Waals surface area contributed by atoms with E-state index >= 15 is 0 Å². The third kappa shape index (κ3) is 5.18. The number of aromatic nitrogens is 1. The Kier molecular flexibility index (Phi) is 6.27. The minimum atomic E-state index is 0.410. The second-order valence-electron chi connectivity index (χ2n) is 6.28. The SMILES string of the molecule is Cc1ccc(Cn2cccc2/C=N/NC(=S)Nc2cccc(Cl)c2C)cc1. The molecular weight excluding hydrogens is 376 g/mol. The van der Waals surface area contributed by atoms with E-state index in [4.69, 9.17) is 23.8 Å². The Morgan fingerprint density at radius 1 is 1.11 bits per heavy atom. The number of nitrogens with zero attached hydrogens (tertiary/aromatic N) is 2. The molecule has 2 aromatic carbocycles. The van der Waals surface area contributed by atoms with Gasteiger partial charge in [-0.25, -0.2) is 0 Å². The minimum Gasteiger partial charge on any atom is -0.342 e. The lowest BCUT2D eigenvalue weighted by Gasteiger charge is -2.11. The third-order valence-electron chi connectivity index (χ3n) is 4.22. The molecular formula is C21H21ClN4S. The number of aryl methyl sites for hydroxylation is 1. The van der Waals surface area contributed by atoms with Gasteiger partial charge in [0.1, 0.15) is 0 Å². The van der Waals surface area contributed by atoms with Crippen molar-refractivity contribution in [2.45, 2.75) is 20.4 Å². The van der Waals surface area contributed by atoms with Crippen LogP contribution in [0.15, 0.2) is 65.9 Å². The number of nitrogens with one attached hydrogen (secondary N) is 2. The fourth-order valence-electron chi connectivity index (χ4n) is 2.63. The van der Waals surface area contributed by atoms with Gasteiger partial charge in [-0.2, -0.15) is 5.10 Å². The smallest absolute Gasteiger partial charge is 0.191 e. The topological polar surface area (TPSA) is 41.4 Å². The molecule has 0 amide bonds. The van der Waals surface area contributed by atoms with Crippen LogP contribution in [0.1, 0.15) is 22.4 Å². The highest BCUT2D eigenvalue weighted by Gasteiger charge is 2.04. The summed E-state index contributed by atoms with van der Waals surface area (Å²) in [6.07, 6.45) is 3.79. The van der Waals surface area contributed by atoms with E-state index in [2.05, 4.69) is 51.6 Å². The lowest BCUT2D eigenvalue weighted by molar-refractivity contribution is 0.798. The second kappa shape index (κ2) is 8.84. The van der Waals surface area contributed by atoms with Crippen LogP contribution in [0.5, 0.6) is 0 Å². The Bertz CT molecular complexity index is 961. The molecule has 138 valence electrons. The first kappa shape index (κ1) is 19.1. The Morgan fingerprint density at radius 3 is 2.67 bits per heavy atom. The summed E-state index contributed by atoms with van der Waals surface area (Å²) in [6, 6.07) is 18.2. The number of rotatable bonds is 5. The molecule has 1 heterocycles. The van der Waals surface area contributed by atoms with E-state index in [1.165, 1.54) is 11.1 Å². The first-order valence-corrected chi connectivity index (χ1v) is 9.37. The maximum absolute atomic E-state index is 6.13. The van der Waals surface area contributed by atoms with Crippen LogP contribution in [0.2, 0.25) is 5.02 Å². The number of halogens is 1. The van der Waals surface area contributed by atoms with Crippen molar-refractivity contribution < 1.29 is 0 Å². The average Bonchev–Trinajstić information content (AvgIpc) is 3.08. The van der Waals surface area contributed by atoms with Crippen molar-refractivity contribution in [2.75, 3.05) is 5.32 Å². The van der Waals surface area contributed by atoms with Crippen LogP contribution in [0, 0.1) is 13.8 Å². The van der Waals surface area contributed by atoms with E-state index in [1.54, 1.807) is 6.21 Å². The van der Waals surface area contributed by atoms with E-state index in [0.717, 1.165) is 23.5 Å². The fraction of sp³-hybridized carbons (Fsp3) is 0.143. The first-order chi connectivity index (χ1) is 13.0. The van der Waals surface area contributed by atoms with E-state index in [-0.39, 0.29) is 0 Å². The van der Waals surface area contributed by atoms with Crippen molar-refractivity contribution in [1.82, 2.24) is 9.99 Å². The molecule has 6 heteroatoms. The molecule has 27 heavy (non-hydrogen) atoms. The van der Waals surface area contributed by atoms with Crippen LogP contribution < -0.4 is 10.7 Å². The van der Waals surface area contributed by atoms with Crippen molar-refractivity contribution >= 4 is 40.8 Å². The molecule has 3 aromatic rings. The molecule has 1 aromatic heterocycles. The Balaban J connectivity index is 1.60. The molecule has 0 saturated carbocycles. The van der Waals surface area contributed by atoms with Gasteiger partial charge in [0.05, 0.1) is 11.9 Å². The molecule has 0 aliphatic heterocycles. The summed E-state index contributed by atoms with van der Waals surface area (Å²) in [5, 5.41) is 8.46. The van der Waals surface area contributed by atoms with Crippen molar-refractivity contribution in [2.24, 2.45) is 5.10 Å². The van der Waals surface area contributed by atoms with Crippen LogP contribution in [-0.2, 0) is 6.54 Å². The number of thiocarbonyl (C=S) groups is 1. The molecule has 0 aliphatic rings. The number of hydrazone groups is 1. The zero-order chi connectivity index (χ0) is 19.2. The van der Waals surface area contributed by atoms with Gasteiger partial charge in [0, 0.05) is 23.5 Å². The maximum Gasteiger partial charge on any atom is 0.191 e. The van der Waals surface area contributed by atoms with Crippen LogP contribution in [0.25, 0.3) is 0 Å². The Labute approximate surface area is 169 Å². The molecule has 4 nitrogen and oxygen atoms in total. The zero-order valence-electron chi connectivity index (χ0n) is 15.2. The lowest BCUT2D eigenvalue weighted by Crippen LogP contribution is -2.24. The quantitative estimate of drug-likeness (QED) is 0.357. The normalized spacial score (nSPS) is 10.9. The highest BCUT2D eigenvalue weighted by molar-refractivity contribution is 7.80. The van der Waals surface area contributed by atoms with E-state index < -0.39 is 0 Å². The van der Waals surface area contributed by atoms with Gasteiger partial charge < -0.3 is 9.88 Å². The average molecular weight is 397 g/mol. The van der Waals surface area contributed by atoms with Crippen LogP contribution in [0.4, 0.5) is 5.69 Å². The van der Waals surface area contributed by atoms with Gasteiger partial charge in [-0.3, -0.25) is 5.43 Å². The van der Waals surface area contributed by atoms with Gasteiger partial charge in [-0.15, -0.1) is 0 Å². The predicted molar refractivity (Wildman–Crippen MR) is 118 cm³/mol. The summed E-state index contributed by atoms with van der Waals surface area (Å²) < 4.78 is 2.13. The third-order valence-corrected chi connectivity index (χ3v) is 4.82. The first-order valence-electron chi connectivity index (χ1n) is 8.59. The summed E-state index contributed by atoms with van der Waals surface area (Å²) in [4.78, 5) is 0. The van der Waals surface area contributed by atoms with Gasteiger partial charge in [-0.1, -0.05) is 47.5 Å². The van der Waals surface area contributed by atoms with Crippen molar-refractivity contribution in [3.05, 3.63) is 88.2 Å². The molecule has 0 unspecified atom stereocenters. The van der Waals surface area contributed by atoms with Crippen molar-refractivity contribution in [1.29, 1.82) is 0 Å².